The molecule has 0 spiro atoms. The number of nitrogens with zero attached hydrogens (tertiary/aromatic N) is 1. The lowest BCUT2D eigenvalue weighted by Crippen LogP contribution is -2.32. The van der Waals surface area contributed by atoms with E-state index in [1.165, 1.54) is 0 Å². The molecule has 0 aliphatic heterocycles. The van der Waals surface area contributed by atoms with Crippen molar-refractivity contribution < 1.29 is 9.90 Å². The minimum absolute atomic E-state index is 0.0446. The first-order valence-electron chi connectivity index (χ1n) is 7.05. The predicted octanol–water partition coefficient (Wildman–Crippen LogP) is 2.13. The van der Waals surface area contributed by atoms with Crippen molar-refractivity contribution in [1.29, 1.82) is 5.26 Å². The molecule has 0 radical (unpaired) electrons. The van der Waals surface area contributed by atoms with E-state index in [1.54, 1.807) is 12.1 Å². The van der Waals surface area contributed by atoms with Gasteiger partial charge in [-0.1, -0.05) is 12.1 Å². The molecule has 2 rings (SSSR count). The molecule has 0 bridgehead atoms. The Hall–Kier alpha value is -1.86. The van der Waals surface area contributed by atoms with Crippen LogP contribution in [-0.4, -0.2) is 23.7 Å². The molecule has 0 aromatic heterocycles. The summed E-state index contributed by atoms with van der Waals surface area (Å²) in [6.07, 6.45) is 3.27. The summed E-state index contributed by atoms with van der Waals surface area (Å²) in [5.41, 5.74) is 1.31. The second-order valence-electron chi connectivity index (χ2n) is 5.51. The average molecular weight is 272 g/mol. The Morgan fingerprint density at radius 3 is 2.60 bits per heavy atom. The maximum atomic E-state index is 12.0. The molecule has 1 aliphatic rings. The molecule has 1 unspecified atom stereocenters. The maximum absolute atomic E-state index is 12.0. The summed E-state index contributed by atoms with van der Waals surface area (Å²) in [5, 5.41) is 20.8. The van der Waals surface area contributed by atoms with Gasteiger partial charge in [0.2, 0.25) is 0 Å². The third-order valence-electron chi connectivity index (χ3n) is 3.84. The molecule has 2 N–H and O–H groups in total. The smallest absolute Gasteiger partial charge is 0.251 e. The summed E-state index contributed by atoms with van der Waals surface area (Å²) in [7, 11) is 0. The zero-order valence-electron chi connectivity index (χ0n) is 11.7. The molecule has 20 heavy (non-hydrogen) atoms. The zero-order chi connectivity index (χ0) is 14.6. The molecule has 106 valence electrons. The molecule has 1 aromatic rings. The van der Waals surface area contributed by atoms with E-state index in [1.807, 2.05) is 19.1 Å². The Labute approximate surface area is 119 Å². The van der Waals surface area contributed by atoms with Crippen LogP contribution < -0.4 is 5.32 Å². The van der Waals surface area contributed by atoms with Gasteiger partial charge in [-0.3, -0.25) is 4.79 Å². The van der Waals surface area contributed by atoms with E-state index in [9.17, 15) is 4.79 Å². The number of amides is 1. The highest BCUT2D eigenvalue weighted by Crippen LogP contribution is 2.47. The highest BCUT2D eigenvalue weighted by atomic mass is 16.2. The van der Waals surface area contributed by atoms with Crippen molar-refractivity contribution in [1.82, 2.24) is 5.32 Å². The Bertz CT molecular complexity index is 512. The van der Waals surface area contributed by atoms with Gasteiger partial charge in [0.1, 0.15) is 0 Å². The standard InChI is InChI=1S/C16H20N2O2/c1-12(3-2-10-19)18-15(20)13-4-6-14(7-5-13)16(11-17)8-9-16/h4-7,12,19H,2-3,8-10H2,1H3,(H,18,20). The number of nitriles is 1. The summed E-state index contributed by atoms with van der Waals surface area (Å²) in [5.74, 6) is -0.108. The number of carbonyl (C=O) groups excluding carboxylic acids is 1. The number of aliphatic hydroxyl groups excluding tert-OH is 1. The lowest BCUT2D eigenvalue weighted by Gasteiger charge is -2.13. The van der Waals surface area contributed by atoms with Crippen molar-refractivity contribution in [3.8, 4) is 6.07 Å². The van der Waals surface area contributed by atoms with E-state index >= 15 is 0 Å². The van der Waals surface area contributed by atoms with Crippen LogP contribution in [0.5, 0.6) is 0 Å². The van der Waals surface area contributed by atoms with Crippen LogP contribution in [0.1, 0.15) is 48.5 Å². The van der Waals surface area contributed by atoms with Gasteiger partial charge in [-0.25, -0.2) is 0 Å². The van der Waals surface area contributed by atoms with Crippen molar-refractivity contribution in [3.05, 3.63) is 35.4 Å². The van der Waals surface area contributed by atoms with Crippen molar-refractivity contribution in [2.75, 3.05) is 6.61 Å². The number of aliphatic hydroxyl groups is 1. The van der Waals surface area contributed by atoms with E-state index in [4.69, 9.17) is 10.4 Å². The molecule has 0 heterocycles. The van der Waals surface area contributed by atoms with Gasteiger partial charge in [-0.05, 0) is 50.3 Å². The number of carbonyl (C=O) groups is 1. The molecule has 1 fully saturated rings. The minimum Gasteiger partial charge on any atom is -0.396 e. The molecule has 4 heteroatoms. The van der Waals surface area contributed by atoms with E-state index in [0.717, 1.165) is 24.8 Å². The SMILES string of the molecule is CC(CCCO)NC(=O)c1ccc(C2(C#N)CC2)cc1. The van der Waals surface area contributed by atoms with Crippen molar-refractivity contribution in [3.63, 3.8) is 0 Å². The van der Waals surface area contributed by atoms with E-state index in [0.29, 0.717) is 12.0 Å². The van der Waals surface area contributed by atoms with E-state index in [-0.39, 0.29) is 24.0 Å². The van der Waals surface area contributed by atoms with Crippen molar-refractivity contribution >= 4 is 5.91 Å². The zero-order valence-corrected chi connectivity index (χ0v) is 11.7. The lowest BCUT2D eigenvalue weighted by molar-refractivity contribution is 0.0936. The quantitative estimate of drug-likeness (QED) is 0.833. The summed E-state index contributed by atoms with van der Waals surface area (Å²) in [6, 6.07) is 9.71. The van der Waals surface area contributed by atoms with Crippen molar-refractivity contribution in [2.45, 2.75) is 44.1 Å². The summed E-state index contributed by atoms with van der Waals surface area (Å²) < 4.78 is 0. The molecular formula is C16H20N2O2. The van der Waals surface area contributed by atoms with Crippen LogP contribution >= 0.6 is 0 Å². The van der Waals surface area contributed by atoms with Crippen LogP contribution in [0.4, 0.5) is 0 Å². The molecule has 1 saturated carbocycles. The second kappa shape index (κ2) is 6.06. The van der Waals surface area contributed by atoms with Crippen LogP contribution in [0.2, 0.25) is 0 Å². The summed E-state index contributed by atoms with van der Waals surface area (Å²) in [4.78, 5) is 12.0. The molecule has 1 aliphatic carbocycles. The second-order valence-corrected chi connectivity index (χ2v) is 5.51. The third kappa shape index (κ3) is 3.17. The van der Waals surface area contributed by atoms with Gasteiger partial charge < -0.3 is 10.4 Å². The number of hydrogen-bond donors (Lipinski definition) is 2. The Morgan fingerprint density at radius 1 is 1.45 bits per heavy atom. The summed E-state index contributed by atoms with van der Waals surface area (Å²) >= 11 is 0. The first-order valence-corrected chi connectivity index (χ1v) is 7.05. The van der Waals surface area contributed by atoms with Crippen LogP contribution in [0.25, 0.3) is 0 Å². The monoisotopic (exact) mass is 272 g/mol. The maximum Gasteiger partial charge on any atom is 0.251 e. The molecular weight excluding hydrogens is 252 g/mol. The van der Waals surface area contributed by atoms with Crippen LogP contribution in [0.15, 0.2) is 24.3 Å². The largest absolute Gasteiger partial charge is 0.396 e. The molecule has 1 atom stereocenters. The average Bonchev–Trinajstić information content (AvgIpc) is 3.26. The van der Waals surface area contributed by atoms with Gasteiger partial charge in [0.15, 0.2) is 0 Å². The Balaban J connectivity index is 1.96. The molecule has 0 saturated heterocycles. The topological polar surface area (TPSA) is 73.1 Å². The van der Waals surface area contributed by atoms with Crippen LogP contribution in [0.3, 0.4) is 0 Å². The summed E-state index contributed by atoms with van der Waals surface area (Å²) in [6.45, 7) is 2.07. The molecule has 1 amide bonds. The van der Waals surface area contributed by atoms with Crippen LogP contribution in [0, 0.1) is 11.3 Å². The van der Waals surface area contributed by atoms with E-state index in [2.05, 4.69) is 11.4 Å². The van der Waals surface area contributed by atoms with Crippen LogP contribution in [-0.2, 0) is 5.41 Å². The first kappa shape index (κ1) is 14.5. The van der Waals surface area contributed by atoms with Gasteiger partial charge >= 0.3 is 0 Å². The fraction of sp³-hybridized carbons (Fsp3) is 0.500. The fourth-order valence-electron chi connectivity index (χ4n) is 2.31. The van der Waals surface area contributed by atoms with Gasteiger partial charge in [0.25, 0.3) is 5.91 Å². The highest BCUT2D eigenvalue weighted by molar-refractivity contribution is 5.94. The van der Waals surface area contributed by atoms with Crippen molar-refractivity contribution in [2.24, 2.45) is 0 Å². The molecule has 1 aromatic carbocycles. The fourth-order valence-corrected chi connectivity index (χ4v) is 2.31. The number of benzene rings is 1. The van der Waals surface area contributed by atoms with Gasteiger partial charge in [0.05, 0.1) is 11.5 Å². The third-order valence-corrected chi connectivity index (χ3v) is 3.84. The van der Waals surface area contributed by atoms with Gasteiger partial charge in [-0.15, -0.1) is 0 Å². The van der Waals surface area contributed by atoms with Gasteiger partial charge in [-0.2, -0.15) is 5.26 Å². The minimum atomic E-state index is -0.302. The number of hydrogen-bond acceptors (Lipinski definition) is 3. The Kier molecular flexibility index (Phi) is 4.41. The normalized spacial score (nSPS) is 17.1. The Morgan fingerprint density at radius 2 is 2.10 bits per heavy atom. The highest BCUT2D eigenvalue weighted by Gasteiger charge is 2.44. The molecule has 4 nitrogen and oxygen atoms in total. The first-order chi connectivity index (χ1) is 9.61. The van der Waals surface area contributed by atoms with E-state index < -0.39 is 0 Å². The number of nitrogens with one attached hydrogen (secondary N) is 1. The number of rotatable bonds is 6. The van der Waals surface area contributed by atoms with Gasteiger partial charge in [0, 0.05) is 18.2 Å². The lowest BCUT2D eigenvalue weighted by atomic mass is 9.96. The predicted molar refractivity (Wildman–Crippen MR) is 76.2 cm³/mol.